The second-order valence-electron chi connectivity index (χ2n) is 7.28. The SMILES string of the molecule is Cc1ccnc(S(=O)(=O)C[C@H]2CCCCN2C(=O)OC(C)(C)C)c1. The number of aryl methyl sites for hydroxylation is 1. The molecule has 2 rings (SSSR count). The number of hydrogen-bond donors (Lipinski definition) is 0. The van der Waals surface area contributed by atoms with Crippen LogP contribution in [0.1, 0.15) is 45.6 Å². The van der Waals surface area contributed by atoms with E-state index in [2.05, 4.69) is 4.98 Å². The summed E-state index contributed by atoms with van der Waals surface area (Å²) in [5.41, 5.74) is 0.243. The fourth-order valence-corrected chi connectivity index (χ4v) is 4.36. The van der Waals surface area contributed by atoms with Gasteiger partial charge in [0.15, 0.2) is 14.9 Å². The van der Waals surface area contributed by atoms with Crippen molar-refractivity contribution in [1.82, 2.24) is 9.88 Å². The van der Waals surface area contributed by atoms with Gasteiger partial charge >= 0.3 is 6.09 Å². The Labute approximate surface area is 144 Å². The quantitative estimate of drug-likeness (QED) is 0.834. The van der Waals surface area contributed by atoms with Crippen LogP contribution in [0.4, 0.5) is 4.79 Å². The molecule has 1 aromatic rings. The van der Waals surface area contributed by atoms with Gasteiger partial charge in [0.1, 0.15) is 5.60 Å². The van der Waals surface area contributed by atoms with E-state index in [1.165, 1.54) is 6.20 Å². The molecule has 0 unspecified atom stereocenters. The van der Waals surface area contributed by atoms with Crippen molar-refractivity contribution >= 4 is 15.9 Å². The van der Waals surface area contributed by atoms with Crippen LogP contribution < -0.4 is 0 Å². The Hall–Kier alpha value is -1.63. The number of sulfone groups is 1. The van der Waals surface area contributed by atoms with Crippen molar-refractivity contribution in [1.29, 1.82) is 0 Å². The summed E-state index contributed by atoms with van der Waals surface area (Å²) < 4.78 is 30.8. The van der Waals surface area contributed by atoms with E-state index in [-0.39, 0.29) is 16.8 Å². The van der Waals surface area contributed by atoms with Gasteiger partial charge in [0.25, 0.3) is 0 Å². The van der Waals surface area contributed by atoms with Gasteiger partial charge in [-0.25, -0.2) is 18.2 Å². The number of nitrogens with zero attached hydrogens (tertiary/aromatic N) is 2. The van der Waals surface area contributed by atoms with Gasteiger partial charge in [0, 0.05) is 18.8 Å². The summed E-state index contributed by atoms with van der Waals surface area (Å²) in [5.74, 6) is -0.122. The monoisotopic (exact) mass is 354 g/mol. The minimum Gasteiger partial charge on any atom is -0.444 e. The molecule has 6 nitrogen and oxygen atoms in total. The highest BCUT2D eigenvalue weighted by atomic mass is 32.2. The van der Waals surface area contributed by atoms with Crippen molar-refractivity contribution in [2.24, 2.45) is 0 Å². The number of aromatic nitrogens is 1. The molecular formula is C17H26N2O4S. The third-order valence-electron chi connectivity index (χ3n) is 3.88. The first-order valence-electron chi connectivity index (χ1n) is 8.23. The van der Waals surface area contributed by atoms with E-state index in [9.17, 15) is 13.2 Å². The molecule has 2 heterocycles. The van der Waals surface area contributed by atoms with E-state index in [4.69, 9.17) is 4.74 Å². The Bertz CT molecular complexity index is 695. The summed E-state index contributed by atoms with van der Waals surface area (Å²) in [5, 5.41) is 0.0669. The lowest BCUT2D eigenvalue weighted by Crippen LogP contribution is -2.48. The number of piperidine rings is 1. The maximum absolute atomic E-state index is 12.7. The van der Waals surface area contributed by atoms with Crippen molar-refractivity contribution in [3.63, 3.8) is 0 Å². The van der Waals surface area contributed by atoms with Gasteiger partial charge in [-0.2, -0.15) is 0 Å². The second-order valence-corrected chi connectivity index (χ2v) is 9.26. The zero-order valence-corrected chi connectivity index (χ0v) is 15.6. The molecule has 0 radical (unpaired) electrons. The van der Waals surface area contributed by atoms with Crippen LogP contribution in [-0.2, 0) is 14.6 Å². The lowest BCUT2D eigenvalue weighted by molar-refractivity contribution is 0.0124. The topological polar surface area (TPSA) is 76.6 Å². The van der Waals surface area contributed by atoms with E-state index in [0.29, 0.717) is 13.0 Å². The Kier molecular flexibility index (Phi) is 5.52. The number of pyridine rings is 1. The predicted molar refractivity (Wildman–Crippen MR) is 91.6 cm³/mol. The summed E-state index contributed by atoms with van der Waals surface area (Å²) in [6, 6.07) is 2.95. The maximum Gasteiger partial charge on any atom is 0.410 e. The minimum atomic E-state index is -3.55. The average Bonchev–Trinajstić information content (AvgIpc) is 2.45. The van der Waals surface area contributed by atoms with Gasteiger partial charge in [0.05, 0.1) is 5.75 Å². The highest BCUT2D eigenvalue weighted by Gasteiger charge is 2.34. The van der Waals surface area contributed by atoms with Crippen LogP contribution in [-0.4, -0.2) is 48.3 Å². The molecule has 24 heavy (non-hydrogen) atoms. The van der Waals surface area contributed by atoms with Crippen molar-refractivity contribution in [2.45, 2.75) is 63.6 Å². The molecule has 0 aliphatic carbocycles. The van der Waals surface area contributed by atoms with Gasteiger partial charge < -0.3 is 9.64 Å². The van der Waals surface area contributed by atoms with Crippen molar-refractivity contribution in [3.05, 3.63) is 23.9 Å². The molecule has 7 heteroatoms. The molecule has 1 aliphatic rings. The molecular weight excluding hydrogens is 328 g/mol. The van der Waals surface area contributed by atoms with Gasteiger partial charge in [-0.05, 0) is 64.7 Å². The average molecular weight is 354 g/mol. The van der Waals surface area contributed by atoms with E-state index in [1.807, 2.05) is 6.92 Å². The van der Waals surface area contributed by atoms with Crippen LogP contribution in [0.15, 0.2) is 23.4 Å². The molecule has 1 aromatic heterocycles. The maximum atomic E-state index is 12.7. The Morgan fingerprint density at radius 3 is 2.71 bits per heavy atom. The standard InChI is InChI=1S/C17H26N2O4S/c1-13-8-9-18-15(11-13)24(21,22)12-14-7-5-6-10-19(14)16(20)23-17(2,3)4/h8-9,11,14H,5-7,10,12H2,1-4H3/t14-/m1/s1. The van der Waals surface area contributed by atoms with Crippen molar-refractivity contribution in [2.75, 3.05) is 12.3 Å². The first kappa shape index (κ1) is 18.7. The third kappa shape index (κ3) is 4.93. The molecule has 0 saturated carbocycles. The number of carbonyl (C=O) groups excluding carboxylic acids is 1. The fraction of sp³-hybridized carbons (Fsp3) is 0.647. The lowest BCUT2D eigenvalue weighted by Gasteiger charge is -2.36. The normalized spacial score (nSPS) is 19.2. The largest absolute Gasteiger partial charge is 0.444 e. The first-order chi connectivity index (χ1) is 11.1. The third-order valence-corrected chi connectivity index (χ3v) is 5.56. The molecule has 1 atom stereocenters. The van der Waals surface area contributed by atoms with Crippen LogP contribution in [0, 0.1) is 6.92 Å². The molecule has 0 aromatic carbocycles. The number of carbonyl (C=O) groups is 1. The fourth-order valence-electron chi connectivity index (χ4n) is 2.75. The zero-order chi connectivity index (χ0) is 18.0. The summed E-state index contributed by atoms with van der Waals surface area (Å²) >= 11 is 0. The van der Waals surface area contributed by atoms with Gasteiger partial charge in [-0.3, -0.25) is 0 Å². The van der Waals surface area contributed by atoms with Gasteiger partial charge in [-0.1, -0.05) is 0 Å². The molecule has 1 fully saturated rings. The summed E-state index contributed by atoms with van der Waals surface area (Å²) in [4.78, 5) is 17.9. The number of rotatable bonds is 3. The number of likely N-dealkylation sites (tertiary alicyclic amines) is 1. The zero-order valence-electron chi connectivity index (χ0n) is 14.8. The molecule has 0 spiro atoms. The Balaban J connectivity index is 2.17. The van der Waals surface area contributed by atoms with Gasteiger partial charge in [0.2, 0.25) is 0 Å². The second kappa shape index (κ2) is 7.09. The Morgan fingerprint density at radius 1 is 1.38 bits per heavy atom. The van der Waals surface area contributed by atoms with Crippen LogP contribution in [0.3, 0.4) is 0 Å². The number of amides is 1. The van der Waals surface area contributed by atoms with Gasteiger partial charge in [-0.15, -0.1) is 0 Å². The molecule has 1 aliphatic heterocycles. The van der Waals surface area contributed by atoms with Crippen LogP contribution in [0.5, 0.6) is 0 Å². The predicted octanol–water partition coefficient (Wildman–Crippen LogP) is 2.95. The first-order valence-corrected chi connectivity index (χ1v) is 9.89. The molecule has 1 saturated heterocycles. The van der Waals surface area contributed by atoms with Crippen LogP contribution in [0.2, 0.25) is 0 Å². The number of hydrogen-bond acceptors (Lipinski definition) is 5. The molecule has 1 amide bonds. The lowest BCUT2D eigenvalue weighted by atomic mass is 10.0. The van der Waals surface area contributed by atoms with Crippen molar-refractivity contribution < 1.29 is 17.9 Å². The van der Waals surface area contributed by atoms with Crippen LogP contribution in [0.25, 0.3) is 0 Å². The molecule has 0 bridgehead atoms. The Morgan fingerprint density at radius 2 is 2.08 bits per heavy atom. The highest BCUT2D eigenvalue weighted by Crippen LogP contribution is 2.23. The minimum absolute atomic E-state index is 0.0669. The van der Waals surface area contributed by atoms with Crippen molar-refractivity contribution in [3.8, 4) is 0 Å². The smallest absolute Gasteiger partial charge is 0.410 e. The number of ether oxygens (including phenoxy) is 1. The van der Waals surface area contributed by atoms with E-state index in [0.717, 1.165) is 18.4 Å². The summed E-state index contributed by atoms with van der Waals surface area (Å²) in [6.07, 6.45) is 3.47. The van der Waals surface area contributed by atoms with Crippen LogP contribution >= 0.6 is 0 Å². The molecule has 0 N–H and O–H groups in total. The van der Waals surface area contributed by atoms with E-state index in [1.54, 1.807) is 37.8 Å². The van der Waals surface area contributed by atoms with E-state index < -0.39 is 21.5 Å². The molecule has 134 valence electrons. The summed E-state index contributed by atoms with van der Waals surface area (Å²) in [7, 11) is -3.55. The summed E-state index contributed by atoms with van der Waals surface area (Å²) in [6.45, 7) is 7.76. The van der Waals surface area contributed by atoms with E-state index >= 15 is 0 Å². The highest BCUT2D eigenvalue weighted by molar-refractivity contribution is 7.91.